The number of halogens is 4. The van der Waals surface area contributed by atoms with Crippen molar-refractivity contribution in [2.24, 2.45) is 0 Å². The smallest absolute Gasteiger partial charge is 0.450 e. The minimum Gasteiger partial charge on any atom is -0.504 e. The van der Waals surface area contributed by atoms with Crippen LogP contribution in [0.1, 0.15) is 11.3 Å². The maximum absolute atomic E-state index is 13.6. The van der Waals surface area contributed by atoms with Gasteiger partial charge in [-0.1, -0.05) is 12.1 Å². The van der Waals surface area contributed by atoms with Crippen LogP contribution < -0.4 is 5.43 Å². The van der Waals surface area contributed by atoms with Crippen LogP contribution >= 0.6 is 0 Å². The minimum atomic E-state index is -5.06. The van der Waals surface area contributed by atoms with Crippen LogP contribution in [0.2, 0.25) is 0 Å². The molecule has 30 heavy (non-hydrogen) atoms. The molecule has 0 atom stereocenters. The van der Waals surface area contributed by atoms with E-state index in [-0.39, 0.29) is 17.5 Å². The lowest BCUT2D eigenvalue weighted by Gasteiger charge is -2.12. The Morgan fingerprint density at radius 1 is 1.13 bits per heavy atom. The Morgan fingerprint density at radius 2 is 1.90 bits per heavy atom. The molecule has 0 aliphatic carbocycles. The highest BCUT2D eigenvalue weighted by Gasteiger charge is 2.40. The number of aromatic nitrogens is 2. The SMILES string of the molecule is O=c1c(-c2cnn(Cc3cccc(F)c3)c2)c(C(F)(F)F)oc2c(O)c(O)ccc12. The summed E-state index contributed by atoms with van der Waals surface area (Å²) in [5, 5.41) is 23.0. The Balaban J connectivity index is 1.88. The van der Waals surface area contributed by atoms with E-state index in [4.69, 9.17) is 4.42 Å². The molecule has 0 saturated heterocycles. The monoisotopic (exact) mass is 420 g/mol. The van der Waals surface area contributed by atoms with Gasteiger partial charge >= 0.3 is 6.18 Å². The van der Waals surface area contributed by atoms with Crippen LogP contribution in [0.4, 0.5) is 17.6 Å². The molecule has 0 fully saturated rings. The number of hydrogen-bond acceptors (Lipinski definition) is 5. The van der Waals surface area contributed by atoms with Gasteiger partial charge < -0.3 is 14.6 Å². The zero-order chi connectivity index (χ0) is 21.6. The van der Waals surface area contributed by atoms with Crippen molar-refractivity contribution in [1.82, 2.24) is 9.78 Å². The number of hydrogen-bond donors (Lipinski definition) is 2. The standard InChI is InChI=1S/C20H12F4N2O4/c21-12-3-1-2-10(6-12)8-26-9-11(7-25-26)15-16(28)13-4-5-14(27)17(29)18(13)30-19(15)20(22,23)24/h1-7,9,27,29H,8H2. The van der Waals surface area contributed by atoms with Crippen molar-refractivity contribution in [2.75, 3.05) is 0 Å². The van der Waals surface area contributed by atoms with Crippen molar-refractivity contribution in [3.63, 3.8) is 0 Å². The number of nitrogens with zero attached hydrogens (tertiary/aromatic N) is 2. The van der Waals surface area contributed by atoms with Gasteiger partial charge in [0.05, 0.1) is 23.7 Å². The first kappa shape index (κ1) is 19.5. The lowest BCUT2D eigenvalue weighted by molar-refractivity contribution is -0.152. The highest BCUT2D eigenvalue weighted by Crippen LogP contribution is 2.40. The molecule has 2 N–H and O–H groups in total. The lowest BCUT2D eigenvalue weighted by atomic mass is 10.0. The summed E-state index contributed by atoms with van der Waals surface area (Å²) < 4.78 is 60.3. The van der Waals surface area contributed by atoms with Crippen LogP contribution in [0.25, 0.3) is 22.1 Å². The molecule has 0 aliphatic rings. The second-order valence-corrected chi connectivity index (χ2v) is 6.50. The van der Waals surface area contributed by atoms with Gasteiger partial charge in [-0.2, -0.15) is 18.3 Å². The molecule has 0 spiro atoms. The van der Waals surface area contributed by atoms with Crippen molar-refractivity contribution in [3.05, 3.63) is 76.2 Å². The quantitative estimate of drug-likeness (QED) is 0.382. The van der Waals surface area contributed by atoms with E-state index in [0.29, 0.717) is 5.56 Å². The summed E-state index contributed by atoms with van der Waals surface area (Å²) in [6.07, 6.45) is -2.80. The van der Waals surface area contributed by atoms with Gasteiger partial charge in [-0.25, -0.2) is 4.39 Å². The first-order valence-electron chi connectivity index (χ1n) is 8.51. The average Bonchev–Trinajstić information content (AvgIpc) is 3.12. The third kappa shape index (κ3) is 3.36. The van der Waals surface area contributed by atoms with Crippen molar-refractivity contribution in [1.29, 1.82) is 0 Å². The van der Waals surface area contributed by atoms with Crippen LogP contribution in [0.3, 0.4) is 0 Å². The molecule has 0 bridgehead atoms. The predicted molar refractivity (Wildman–Crippen MR) is 97.5 cm³/mol. The van der Waals surface area contributed by atoms with E-state index >= 15 is 0 Å². The summed E-state index contributed by atoms with van der Waals surface area (Å²) in [4.78, 5) is 12.8. The maximum Gasteiger partial charge on any atom is 0.450 e. The fourth-order valence-electron chi connectivity index (χ4n) is 3.10. The van der Waals surface area contributed by atoms with Gasteiger partial charge in [0.15, 0.2) is 11.3 Å². The Morgan fingerprint density at radius 3 is 2.60 bits per heavy atom. The molecule has 0 saturated carbocycles. The van der Waals surface area contributed by atoms with E-state index in [1.54, 1.807) is 6.07 Å². The zero-order valence-corrected chi connectivity index (χ0v) is 14.9. The molecule has 2 aromatic carbocycles. The summed E-state index contributed by atoms with van der Waals surface area (Å²) in [7, 11) is 0. The number of phenols is 2. The van der Waals surface area contributed by atoms with Gasteiger partial charge in [0, 0.05) is 11.8 Å². The summed E-state index contributed by atoms with van der Waals surface area (Å²) in [5.74, 6) is -3.80. The van der Waals surface area contributed by atoms with Crippen LogP contribution in [0, 0.1) is 5.82 Å². The molecule has 154 valence electrons. The van der Waals surface area contributed by atoms with Gasteiger partial charge in [0.25, 0.3) is 0 Å². The van der Waals surface area contributed by atoms with E-state index in [0.717, 1.165) is 18.3 Å². The molecule has 0 aliphatic heterocycles. The highest BCUT2D eigenvalue weighted by atomic mass is 19.4. The molecular formula is C20H12F4N2O4. The molecule has 6 nitrogen and oxygen atoms in total. The van der Waals surface area contributed by atoms with Gasteiger partial charge in [-0.05, 0) is 29.8 Å². The summed E-state index contributed by atoms with van der Waals surface area (Å²) in [5.41, 5.74) is -2.26. The zero-order valence-electron chi connectivity index (χ0n) is 14.9. The van der Waals surface area contributed by atoms with E-state index in [9.17, 15) is 32.6 Å². The molecule has 0 amide bonds. The second kappa shape index (κ2) is 6.90. The Hall–Kier alpha value is -3.82. The number of alkyl halides is 3. The Kier molecular flexibility index (Phi) is 4.49. The molecule has 2 heterocycles. The second-order valence-electron chi connectivity index (χ2n) is 6.50. The number of fused-ring (bicyclic) bond motifs is 1. The molecule has 10 heteroatoms. The van der Waals surface area contributed by atoms with E-state index in [1.807, 2.05) is 0 Å². The van der Waals surface area contributed by atoms with Gasteiger partial charge in [-0.15, -0.1) is 0 Å². The maximum atomic E-state index is 13.6. The first-order valence-corrected chi connectivity index (χ1v) is 8.51. The summed E-state index contributed by atoms with van der Waals surface area (Å²) in [6.45, 7) is 0.0622. The number of benzene rings is 2. The molecule has 4 rings (SSSR count). The topological polar surface area (TPSA) is 88.5 Å². The molecular weight excluding hydrogens is 408 g/mol. The third-order valence-corrected chi connectivity index (χ3v) is 4.43. The molecule has 0 radical (unpaired) electrons. The van der Waals surface area contributed by atoms with Crippen LogP contribution in [0.5, 0.6) is 11.5 Å². The predicted octanol–water partition coefficient (Wildman–Crippen LogP) is 4.27. The van der Waals surface area contributed by atoms with Gasteiger partial charge in [0.2, 0.25) is 16.9 Å². The van der Waals surface area contributed by atoms with E-state index in [2.05, 4.69) is 5.10 Å². The number of phenolic OH excluding ortho intramolecular Hbond substituents is 2. The van der Waals surface area contributed by atoms with Gasteiger partial charge in [-0.3, -0.25) is 9.48 Å². The Bertz CT molecular complexity index is 1320. The van der Waals surface area contributed by atoms with Crippen molar-refractivity contribution >= 4 is 11.0 Å². The van der Waals surface area contributed by atoms with Crippen molar-refractivity contribution in [3.8, 4) is 22.6 Å². The molecule has 2 aromatic heterocycles. The number of rotatable bonds is 3. The van der Waals surface area contributed by atoms with Crippen LogP contribution in [-0.4, -0.2) is 20.0 Å². The van der Waals surface area contributed by atoms with Gasteiger partial charge in [0.1, 0.15) is 5.82 Å². The summed E-state index contributed by atoms with van der Waals surface area (Å²) in [6, 6.07) is 7.63. The van der Waals surface area contributed by atoms with Crippen molar-refractivity contribution in [2.45, 2.75) is 12.7 Å². The van der Waals surface area contributed by atoms with E-state index in [1.165, 1.54) is 29.1 Å². The molecule has 4 aromatic rings. The normalized spacial score (nSPS) is 11.9. The average molecular weight is 420 g/mol. The van der Waals surface area contributed by atoms with Crippen molar-refractivity contribution < 1.29 is 32.2 Å². The summed E-state index contributed by atoms with van der Waals surface area (Å²) >= 11 is 0. The van der Waals surface area contributed by atoms with Crippen LogP contribution in [-0.2, 0) is 12.7 Å². The minimum absolute atomic E-state index is 0.0622. The van der Waals surface area contributed by atoms with Crippen LogP contribution in [0.15, 0.2) is 58.0 Å². The highest BCUT2D eigenvalue weighted by molar-refractivity contribution is 5.88. The third-order valence-electron chi connectivity index (χ3n) is 4.43. The first-order chi connectivity index (χ1) is 14.1. The number of aromatic hydroxyl groups is 2. The Labute approximate surface area is 165 Å². The fourth-order valence-corrected chi connectivity index (χ4v) is 3.10. The van der Waals surface area contributed by atoms with E-state index < -0.39 is 45.8 Å². The lowest BCUT2D eigenvalue weighted by Crippen LogP contribution is -2.16. The largest absolute Gasteiger partial charge is 0.504 e. The fraction of sp³-hybridized carbons (Fsp3) is 0.100. The molecule has 0 unspecified atom stereocenters.